The van der Waals surface area contributed by atoms with E-state index in [0.29, 0.717) is 31.5 Å². The zero-order valence-corrected chi connectivity index (χ0v) is 24.6. The highest BCUT2D eigenvalue weighted by Gasteiger charge is 2.79. The largest absolute Gasteiger partial charge is 0.394 e. The van der Waals surface area contributed by atoms with Gasteiger partial charge in [0.2, 0.25) is 17.7 Å². The van der Waals surface area contributed by atoms with Crippen molar-refractivity contribution >= 4 is 23.4 Å². The van der Waals surface area contributed by atoms with Gasteiger partial charge < -0.3 is 24.5 Å². The molecular weight excluding hydrogens is 506 g/mol. The fraction of sp³-hybridized carbons (Fsp3) is 0.594. The van der Waals surface area contributed by atoms with Crippen LogP contribution < -0.4 is 4.90 Å². The minimum Gasteiger partial charge on any atom is -0.394 e. The molecule has 3 fully saturated rings. The molecule has 1 spiro atoms. The smallest absolute Gasteiger partial charge is 0.248 e. The van der Waals surface area contributed by atoms with Crippen LogP contribution in [-0.4, -0.2) is 81.7 Å². The van der Waals surface area contributed by atoms with E-state index in [4.69, 9.17) is 4.74 Å². The lowest BCUT2D eigenvalue weighted by Gasteiger charge is -2.40. The Morgan fingerprint density at radius 1 is 1.10 bits per heavy atom. The van der Waals surface area contributed by atoms with Crippen LogP contribution in [0.1, 0.15) is 53.9 Å². The molecule has 40 heavy (non-hydrogen) atoms. The van der Waals surface area contributed by atoms with E-state index < -0.39 is 35.1 Å². The molecule has 1 aromatic carbocycles. The molecule has 6 atom stereocenters. The molecule has 0 saturated carbocycles. The number of hydrogen-bond donors (Lipinski definition) is 1. The number of carbonyl (C=O) groups excluding carboxylic acids is 3. The number of likely N-dealkylation sites (tertiary alicyclic amines) is 1. The highest BCUT2D eigenvalue weighted by molar-refractivity contribution is 6.03. The highest BCUT2D eigenvalue weighted by atomic mass is 16.5. The van der Waals surface area contributed by atoms with Crippen molar-refractivity contribution in [3.63, 3.8) is 0 Å². The lowest BCUT2D eigenvalue weighted by molar-refractivity contribution is -0.156. The van der Waals surface area contributed by atoms with Gasteiger partial charge in [-0.25, -0.2) is 0 Å². The number of para-hydroxylation sites is 1. The molecule has 0 aromatic heterocycles. The van der Waals surface area contributed by atoms with E-state index in [-0.39, 0.29) is 42.8 Å². The number of aliphatic hydroxyl groups is 1. The van der Waals surface area contributed by atoms with Crippen LogP contribution in [0.25, 0.3) is 0 Å². The van der Waals surface area contributed by atoms with Crippen molar-refractivity contribution in [2.24, 2.45) is 17.8 Å². The maximum Gasteiger partial charge on any atom is 0.248 e. The monoisotopic (exact) mass is 551 g/mol. The Bertz CT molecular complexity index is 1140. The summed E-state index contributed by atoms with van der Waals surface area (Å²) < 4.78 is 6.82. The van der Waals surface area contributed by atoms with E-state index in [2.05, 4.69) is 13.2 Å². The van der Waals surface area contributed by atoms with Crippen molar-refractivity contribution < 1.29 is 24.2 Å². The van der Waals surface area contributed by atoms with Gasteiger partial charge in [-0.3, -0.25) is 14.4 Å². The van der Waals surface area contributed by atoms with Crippen LogP contribution in [0.4, 0.5) is 5.69 Å². The van der Waals surface area contributed by atoms with Gasteiger partial charge in [-0.1, -0.05) is 44.2 Å². The summed E-state index contributed by atoms with van der Waals surface area (Å²) in [7, 11) is 0. The van der Waals surface area contributed by atoms with E-state index in [9.17, 15) is 19.5 Å². The third-order valence-electron chi connectivity index (χ3n) is 8.94. The maximum absolute atomic E-state index is 14.5. The summed E-state index contributed by atoms with van der Waals surface area (Å²) in [6.07, 6.45) is 4.92. The average Bonchev–Trinajstić information content (AvgIpc) is 3.49. The Labute approximate surface area is 238 Å². The van der Waals surface area contributed by atoms with Gasteiger partial charge in [0, 0.05) is 24.8 Å². The Balaban J connectivity index is 1.85. The minimum atomic E-state index is -1.15. The molecule has 3 saturated heterocycles. The van der Waals surface area contributed by atoms with Gasteiger partial charge in [-0.2, -0.15) is 0 Å². The van der Waals surface area contributed by atoms with Crippen LogP contribution in [0.5, 0.6) is 0 Å². The lowest BCUT2D eigenvalue weighted by atomic mass is 9.66. The lowest BCUT2D eigenvalue weighted by Crippen LogP contribution is -2.60. The van der Waals surface area contributed by atoms with Crippen LogP contribution in [0.2, 0.25) is 0 Å². The second-order valence-corrected chi connectivity index (χ2v) is 12.4. The molecule has 8 nitrogen and oxygen atoms in total. The number of aliphatic hydroxyl groups excluding tert-OH is 1. The minimum absolute atomic E-state index is 0.136. The first kappa shape index (κ1) is 30.0. The fourth-order valence-corrected chi connectivity index (χ4v) is 7.31. The summed E-state index contributed by atoms with van der Waals surface area (Å²) in [5, 5.41) is 10.5. The molecule has 2 unspecified atom stereocenters. The number of rotatable bonds is 12. The standard InChI is InChI=1S/C32H45N3O5/c1-8-17-33(22(5)6)30(39)27-32-16-15-31(7,40-32)25(26(32)29(38)35(27)24(20-36)19-21(3)4)28(37)34(18-9-2)23-13-11-10-12-14-23/h8-14,21-22,24-27,36H,1-2,15-20H2,3-7H3/t24-,25-,26+,27?,31+,32?/m1/s1. The van der Waals surface area contributed by atoms with E-state index in [1.165, 1.54) is 0 Å². The Morgan fingerprint density at radius 3 is 2.30 bits per heavy atom. The third-order valence-corrected chi connectivity index (χ3v) is 8.94. The van der Waals surface area contributed by atoms with Gasteiger partial charge in [0.15, 0.2) is 0 Å². The van der Waals surface area contributed by atoms with E-state index >= 15 is 0 Å². The summed E-state index contributed by atoms with van der Waals surface area (Å²) in [6.45, 7) is 17.8. The number of anilines is 1. The van der Waals surface area contributed by atoms with Crippen molar-refractivity contribution in [2.45, 2.75) is 83.2 Å². The van der Waals surface area contributed by atoms with Crippen LogP contribution >= 0.6 is 0 Å². The number of benzene rings is 1. The molecule has 1 aromatic rings. The quantitative estimate of drug-likeness (QED) is 0.399. The molecule has 4 rings (SSSR count). The fourth-order valence-electron chi connectivity index (χ4n) is 7.31. The first-order valence-corrected chi connectivity index (χ1v) is 14.5. The van der Waals surface area contributed by atoms with E-state index in [1.807, 2.05) is 65.0 Å². The van der Waals surface area contributed by atoms with Crippen LogP contribution in [0, 0.1) is 17.8 Å². The van der Waals surface area contributed by atoms with Crippen LogP contribution in [0.3, 0.4) is 0 Å². The zero-order chi connectivity index (χ0) is 29.4. The Morgan fingerprint density at radius 2 is 1.75 bits per heavy atom. The highest BCUT2D eigenvalue weighted by Crippen LogP contribution is 2.64. The predicted molar refractivity (Wildman–Crippen MR) is 155 cm³/mol. The van der Waals surface area contributed by atoms with Gasteiger partial charge in [-0.15, -0.1) is 13.2 Å². The van der Waals surface area contributed by atoms with E-state index in [1.54, 1.807) is 26.9 Å². The third kappa shape index (κ3) is 4.79. The summed E-state index contributed by atoms with van der Waals surface area (Å²) in [4.78, 5) is 48.3. The van der Waals surface area contributed by atoms with Crippen molar-refractivity contribution in [1.29, 1.82) is 0 Å². The Hall–Kier alpha value is -2.97. The normalized spacial score (nSPS) is 29.6. The van der Waals surface area contributed by atoms with Crippen molar-refractivity contribution in [3.05, 3.63) is 55.6 Å². The summed E-state index contributed by atoms with van der Waals surface area (Å²) in [6, 6.07) is 7.72. The van der Waals surface area contributed by atoms with Crippen molar-refractivity contribution in [2.75, 3.05) is 24.6 Å². The topological polar surface area (TPSA) is 90.4 Å². The molecule has 3 amide bonds. The van der Waals surface area contributed by atoms with Gasteiger partial charge in [-0.05, 0) is 58.1 Å². The number of carbonyl (C=O) groups is 3. The second kappa shape index (κ2) is 11.5. The van der Waals surface area contributed by atoms with Crippen LogP contribution in [0.15, 0.2) is 55.6 Å². The first-order valence-electron chi connectivity index (χ1n) is 14.5. The van der Waals surface area contributed by atoms with Gasteiger partial charge in [0.25, 0.3) is 0 Å². The molecule has 3 aliphatic heterocycles. The Kier molecular flexibility index (Phi) is 8.62. The number of ether oxygens (including phenoxy) is 1. The van der Waals surface area contributed by atoms with Gasteiger partial charge in [0.1, 0.15) is 11.6 Å². The summed E-state index contributed by atoms with van der Waals surface area (Å²) >= 11 is 0. The molecule has 0 radical (unpaired) electrons. The molecule has 0 aliphatic carbocycles. The van der Waals surface area contributed by atoms with Crippen molar-refractivity contribution in [3.8, 4) is 0 Å². The molecule has 2 bridgehead atoms. The first-order chi connectivity index (χ1) is 19.0. The number of nitrogens with zero attached hydrogens (tertiary/aromatic N) is 3. The van der Waals surface area contributed by atoms with Crippen LogP contribution in [-0.2, 0) is 19.1 Å². The van der Waals surface area contributed by atoms with Gasteiger partial charge in [0.05, 0.1) is 30.1 Å². The van der Waals surface area contributed by atoms with E-state index in [0.717, 1.165) is 0 Å². The van der Waals surface area contributed by atoms with Gasteiger partial charge >= 0.3 is 0 Å². The molecule has 3 aliphatic rings. The number of fused-ring (bicyclic) bond motifs is 1. The zero-order valence-electron chi connectivity index (χ0n) is 24.6. The summed E-state index contributed by atoms with van der Waals surface area (Å²) in [5.41, 5.74) is -1.34. The predicted octanol–water partition coefficient (Wildman–Crippen LogP) is 3.80. The second-order valence-electron chi connectivity index (χ2n) is 12.4. The molecule has 3 heterocycles. The molecule has 1 N–H and O–H groups in total. The number of amides is 3. The average molecular weight is 552 g/mol. The summed E-state index contributed by atoms with van der Waals surface area (Å²) in [5.74, 6) is -2.15. The molecule has 218 valence electrons. The molecular formula is C32H45N3O5. The number of hydrogen-bond acceptors (Lipinski definition) is 5. The molecule has 8 heteroatoms. The SMILES string of the molecule is C=CCN(C(=O)[C@H]1[C@H]2C(=O)N([C@@H](CO)CC(C)C)C(C(=O)N(CC=C)C(C)C)C23CC[C@]1(C)O3)c1ccccc1. The van der Waals surface area contributed by atoms with Crippen molar-refractivity contribution in [1.82, 2.24) is 9.80 Å². The maximum atomic E-state index is 14.5.